The van der Waals surface area contributed by atoms with Gasteiger partial charge in [-0.15, -0.1) is 0 Å². The topological polar surface area (TPSA) is 83.8 Å². The molecule has 5 nitrogen and oxygen atoms in total. The Bertz CT molecular complexity index is 478. The van der Waals surface area contributed by atoms with Crippen molar-refractivity contribution in [2.24, 2.45) is 11.8 Å². The van der Waals surface area contributed by atoms with E-state index >= 15 is 0 Å². The first-order valence-electron chi connectivity index (χ1n) is 8.23. The zero-order valence-corrected chi connectivity index (χ0v) is 14.2. The van der Waals surface area contributed by atoms with Crippen molar-refractivity contribution in [2.75, 3.05) is 6.61 Å². The third-order valence-electron chi connectivity index (χ3n) is 4.15. The zero-order chi connectivity index (χ0) is 17.4. The van der Waals surface area contributed by atoms with Crippen LogP contribution in [-0.4, -0.2) is 34.9 Å². The van der Waals surface area contributed by atoms with Gasteiger partial charge in [-0.2, -0.15) is 0 Å². The van der Waals surface area contributed by atoms with E-state index in [1.54, 1.807) is 6.92 Å². The number of aliphatic carboxylic acids is 1. The minimum Gasteiger partial charge on any atom is -0.478 e. The minimum atomic E-state index is -0.919. The lowest BCUT2D eigenvalue weighted by Gasteiger charge is -2.33. The van der Waals surface area contributed by atoms with E-state index in [9.17, 15) is 9.59 Å². The molecule has 0 amide bonds. The monoisotopic (exact) mass is 324 g/mol. The highest BCUT2D eigenvalue weighted by molar-refractivity contribution is 5.81. The summed E-state index contributed by atoms with van der Waals surface area (Å²) in [5.74, 6) is -0.989. The van der Waals surface area contributed by atoms with Gasteiger partial charge in [-0.1, -0.05) is 31.4 Å². The number of esters is 1. The van der Waals surface area contributed by atoms with Gasteiger partial charge in [0, 0.05) is 6.08 Å². The van der Waals surface area contributed by atoms with E-state index in [0.717, 1.165) is 37.7 Å². The maximum absolute atomic E-state index is 11.1. The van der Waals surface area contributed by atoms with E-state index in [0.29, 0.717) is 5.92 Å². The number of ether oxygens (including phenoxy) is 1. The molecule has 0 aromatic rings. The summed E-state index contributed by atoms with van der Waals surface area (Å²) in [6, 6.07) is 0. The van der Waals surface area contributed by atoms with Crippen LogP contribution in [0, 0.1) is 11.8 Å². The van der Waals surface area contributed by atoms with Crippen LogP contribution in [0.4, 0.5) is 0 Å². The molecule has 0 aromatic heterocycles. The number of hydrogen-bond donors (Lipinski definition) is 2. The lowest BCUT2D eigenvalue weighted by molar-refractivity contribution is -0.189. The van der Waals surface area contributed by atoms with Crippen molar-refractivity contribution in [3.05, 3.63) is 23.3 Å². The minimum absolute atomic E-state index is 0.103. The number of aliphatic hydroxyl groups is 1. The Hall–Kier alpha value is -1.62. The van der Waals surface area contributed by atoms with E-state index in [2.05, 4.69) is 6.92 Å². The van der Waals surface area contributed by atoms with Crippen LogP contribution in [0.25, 0.3) is 0 Å². The number of carbonyl (C=O) groups is 2. The number of carbonyl (C=O) groups excluding carboxylic acids is 1. The van der Waals surface area contributed by atoms with Crippen LogP contribution in [0.5, 0.6) is 0 Å². The summed E-state index contributed by atoms with van der Waals surface area (Å²) >= 11 is 0. The van der Waals surface area contributed by atoms with Crippen molar-refractivity contribution in [1.82, 2.24) is 0 Å². The standard InChI is InChI=1S/C18H28O5/c1-12(8-13(2)9-14(3)10-17(20)21)6-4-5-7-16-15(11-19)18(22)23-16/h9-10,12,15-16,19H,4-8,11H2,1-3H3,(H,20,21)/b13-9+,14-10+/t12-,15+,16+/m0/s1. The molecule has 23 heavy (non-hydrogen) atoms. The first kappa shape index (κ1) is 19.4. The normalized spacial score (nSPS) is 23.2. The zero-order valence-electron chi connectivity index (χ0n) is 14.2. The third-order valence-corrected chi connectivity index (χ3v) is 4.15. The second-order valence-corrected chi connectivity index (χ2v) is 6.58. The van der Waals surface area contributed by atoms with Crippen molar-refractivity contribution in [2.45, 2.75) is 59.0 Å². The summed E-state index contributed by atoms with van der Waals surface area (Å²) in [6.45, 7) is 5.88. The maximum atomic E-state index is 11.1. The van der Waals surface area contributed by atoms with Crippen LogP contribution in [0.15, 0.2) is 23.3 Å². The Morgan fingerprint density at radius 1 is 1.30 bits per heavy atom. The Morgan fingerprint density at radius 2 is 2.00 bits per heavy atom. The molecule has 1 rings (SSSR count). The molecule has 1 fully saturated rings. The summed E-state index contributed by atoms with van der Waals surface area (Å²) in [5.41, 5.74) is 1.94. The summed E-state index contributed by atoms with van der Waals surface area (Å²) < 4.78 is 5.03. The number of allylic oxidation sites excluding steroid dienone is 3. The predicted molar refractivity (Wildman–Crippen MR) is 87.9 cm³/mol. The van der Waals surface area contributed by atoms with Gasteiger partial charge in [-0.3, -0.25) is 4.79 Å². The fraction of sp³-hybridized carbons (Fsp3) is 0.667. The van der Waals surface area contributed by atoms with E-state index in [4.69, 9.17) is 14.9 Å². The van der Waals surface area contributed by atoms with E-state index in [1.807, 2.05) is 13.0 Å². The maximum Gasteiger partial charge on any atom is 0.328 e. The highest BCUT2D eigenvalue weighted by Crippen LogP contribution is 2.27. The predicted octanol–water partition coefficient (Wildman–Crippen LogP) is 3.08. The molecule has 0 spiro atoms. The van der Waals surface area contributed by atoms with Crippen LogP contribution in [-0.2, 0) is 14.3 Å². The van der Waals surface area contributed by atoms with Gasteiger partial charge in [0.2, 0.25) is 0 Å². The Labute approximate surface area is 138 Å². The van der Waals surface area contributed by atoms with Crippen LogP contribution in [0.2, 0.25) is 0 Å². The van der Waals surface area contributed by atoms with Crippen molar-refractivity contribution < 1.29 is 24.5 Å². The quantitative estimate of drug-likeness (QED) is 0.279. The van der Waals surface area contributed by atoms with Gasteiger partial charge in [0.1, 0.15) is 12.0 Å². The molecule has 0 radical (unpaired) electrons. The Kier molecular flexibility index (Phi) is 8.03. The van der Waals surface area contributed by atoms with Gasteiger partial charge in [-0.05, 0) is 44.6 Å². The van der Waals surface area contributed by atoms with Crippen LogP contribution < -0.4 is 0 Å². The molecule has 5 heteroatoms. The molecule has 0 saturated carbocycles. The van der Waals surface area contributed by atoms with Crippen molar-refractivity contribution >= 4 is 11.9 Å². The molecule has 0 aliphatic carbocycles. The summed E-state index contributed by atoms with van der Waals surface area (Å²) in [4.78, 5) is 21.6. The number of unbranched alkanes of at least 4 members (excludes halogenated alkanes) is 1. The largest absolute Gasteiger partial charge is 0.478 e. The summed E-state index contributed by atoms with van der Waals surface area (Å²) in [7, 11) is 0. The molecule has 1 aliphatic rings. The highest BCUT2D eigenvalue weighted by atomic mass is 16.6. The molecular formula is C18H28O5. The van der Waals surface area contributed by atoms with Crippen LogP contribution in [0.3, 0.4) is 0 Å². The molecular weight excluding hydrogens is 296 g/mol. The van der Waals surface area contributed by atoms with Crippen molar-refractivity contribution in [1.29, 1.82) is 0 Å². The molecule has 1 saturated heterocycles. The fourth-order valence-electron chi connectivity index (χ4n) is 3.02. The lowest BCUT2D eigenvalue weighted by Crippen LogP contribution is -2.47. The lowest BCUT2D eigenvalue weighted by atomic mass is 9.91. The van der Waals surface area contributed by atoms with Crippen molar-refractivity contribution in [3.8, 4) is 0 Å². The second kappa shape index (κ2) is 9.50. The average Bonchev–Trinajstić information content (AvgIpc) is 2.40. The van der Waals surface area contributed by atoms with Crippen molar-refractivity contribution in [3.63, 3.8) is 0 Å². The van der Waals surface area contributed by atoms with Gasteiger partial charge in [-0.25, -0.2) is 4.79 Å². The molecule has 2 N–H and O–H groups in total. The van der Waals surface area contributed by atoms with Gasteiger partial charge in [0.15, 0.2) is 0 Å². The first-order chi connectivity index (χ1) is 10.8. The number of carboxylic acids is 1. The second-order valence-electron chi connectivity index (χ2n) is 6.58. The van der Waals surface area contributed by atoms with Crippen LogP contribution in [0.1, 0.15) is 52.9 Å². The third kappa shape index (κ3) is 6.99. The Balaban J connectivity index is 2.21. The molecule has 1 heterocycles. The van der Waals surface area contributed by atoms with Crippen LogP contribution >= 0.6 is 0 Å². The molecule has 130 valence electrons. The Morgan fingerprint density at radius 3 is 2.57 bits per heavy atom. The number of aliphatic hydroxyl groups excluding tert-OH is 1. The van der Waals surface area contributed by atoms with E-state index in [-0.39, 0.29) is 24.6 Å². The molecule has 0 unspecified atom stereocenters. The molecule has 1 aliphatic heterocycles. The molecule has 3 atom stereocenters. The summed E-state index contributed by atoms with van der Waals surface area (Å²) in [5, 5.41) is 17.7. The van der Waals surface area contributed by atoms with Gasteiger partial charge < -0.3 is 14.9 Å². The fourth-order valence-corrected chi connectivity index (χ4v) is 3.02. The van der Waals surface area contributed by atoms with Gasteiger partial charge >= 0.3 is 11.9 Å². The number of rotatable bonds is 10. The number of hydrogen-bond acceptors (Lipinski definition) is 4. The number of cyclic esters (lactones) is 1. The molecule has 0 aromatic carbocycles. The molecule has 0 bridgehead atoms. The van der Waals surface area contributed by atoms with E-state index < -0.39 is 5.97 Å². The smallest absolute Gasteiger partial charge is 0.328 e. The number of carboxylic acid groups (broad SMARTS) is 1. The summed E-state index contributed by atoms with van der Waals surface area (Å²) in [6.07, 6.45) is 7.92. The highest BCUT2D eigenvalue weighted by Gasteiger charge is 2.41. The van der Waals surface area contributed by atoms with Gasteiger partial charge in [0.25, 0.3) is 0 Å². The SMILES string of the molecule is CC(=C\C(=O)O)/C=C(\C)C[C@@H](C)CCCC[C@H]1OC(=O)[C@@H]1CO. The first-order valence-corrected chi connectivity index (χ1v) is 8.23. The van der Waals surface area contributed by atoms with Gasteiger partial charge in [0.05, 0.1) is 6.61 Å². The average molecular weight is 324 g/mol. The van der Waals surface area contributed by atoms with E-state index in [1.165, 1.54) is 11.6 Å².